The van der Waals surface area contributed by atoms with Crippen LogP contribution < -0.4 is 9.46 Å². The van der Waals surface area contributed by atoms with E-state index in [0.717, 1.165) is 5.56 Å². The molecule has 8 heteroatoms. The third kappa shape index (κ3) is 3.75. The smallest absolute Gasteiger partial charge is 0.261 e. The van der Waals surface area contributed by atoms with Crippen molar-refractivity contribution >= 4 is 47.6 Å². The van der Waals surface area contributed by atoms with Gasteiger partial charge >= 0.3 is 0 Å². The van der Waals surface area contributed by atoms with Crippen LogP contribution in [0.3, 0.4) is 0 Å². The van der Waals surface area contributed by atoms with Crippen LogP contribution >= 0.6 is 31.9 Å². The minimum absolute atomic E-state index is 0.135. The lowest BCUT2D eigenvalue weighted by atomic mass is 10.3. The molecule has 0 spiro atoms. The second-order valence-electron chi connectivity index (χ2n) is 4.23. The van der Waals surface area contributed by atoms with Crippen molar-refractivity contribution in [2.45, 2.75) is 11.8 Å². The van der Waals surface area contributed by atoms with Crippen molar-refractivity contribution in [2.24, 2.45) is 0 Å². The summed E-state index contributed by atoms with van der Waals surface area (Å²) in [5.41, 5.74) is 1.24. The molecule has 0 fully saturated rings. The van der Waals surface area contributed by atoms with Gasteiger partial charge in [-0.25, -0.2) is 13.4 Å². The van der Waals surface area contributed by atoms with Crippen LogP contribution in [-0.4, -0.2) is 20.5 Å². The summed E-state index contributed by atoms with van der Waals surface area (Å²) in [6.07, 6.45) is 1.45. The summed E-state index contributed by atoms with van der Waals surface area (Å²) >= 11 is 6.54. The van der Waals surface area contributed by atoms with E-state index in [4.69, 9.17) is 4.74 Å². The number of pyridine rings is 1. The number of methoxy groups -OCH3 is 1. The summed E-state index contributed by atoms with van der Waals surface area (Å²) in [5.74, 6) is 0.565. The van der Waals surface area contributed by atoms with Crippen molar-refractivity contribution < 1.29 is 13.2 Å². The fraction of sp³-hybridized carbons (Fsp3) is 0.154. The molecule has 0 unspecified atom stereocenters. The summed E-state index contributed by atoms with van der Waals surface area (Å²) < 4.78 is 33.5. The minimum Gasteiger partial charge on any atom is -0.496 e. The van der Waals surface area contributed by atoms with E-state index in [1.807, 2.05) is 6.92 Å². The lowest BCUT2D eigenvalue weighted by Gasteiger charge is -2.10. The molecule has 0 saturated heterocycles. The summed E-state index contributed by atoms with van der Waals surface area (Å²) in [6.45, 7) is 1.83. The third-order valence-corrected chi connectivity index (χ3v) is 5.53. The molecule has 0 aliphatic rings. The number of nitrogens with zero attached hydrogens (tertiary/aromatic N) is 1. The molecule has 0 amide bonds. The predicted octanol–water partition coefficient (Wildman–Crippen LogP) is 3.72. The van der Waals surface area contributed by atoms with Crippen LogP contribution in [0.15, 0.2) is 44.4 Å². The van der Waals surface area contributed by atoms with Crippen LogP contribution in [0.1, 0.15) is 5.56 Å². The molecular weight excluding hydrogens is 424 g/mol. The fourth-order valence-corrected chi connectivity index (χ4v) is 3.61. The van der Waals surface area contributed by atoms with Crippen LogP contribution in [0.4, 0.5) is 5.69 Å². The number of aryl methyl sites for hydroxylation is 1. The maximum Gasteiger partial charge on any atom is 0.261 e. The molecule has 0 radical (unpaired) electrons. The highest BCUT2D eigenvalue weighted by atomic mass is 79.9. The number of halogens is 2. The molecule has 112 valence electrons. The zero-order chi connectivity index (χ0) is 15.6. The van der Waals surface area contributed by atoms with Gasteiger partial charge in [0.1, 0.15) is 10.4 Å². The zero-order valence-corrected chi connectivity index (χ0v) is 15.2. The third-order valence-electron chi connectivity index (χ3n) is 2.70. The number of ether oxygens (including phenoxy) is 1. The number of sulfonamides is 1. The summed E-state index contributed by atoms with van der Waals surface area (Å²) in [7, 11) is -2.16. The highest BCUT2D eigenvalue weighted by Crippen LogP contribution is 2.28. The van der Waals surface area contributed by atoms with Crippen molar-refractivity contribution in [3.8, 4) is 5.75 Å². The molecule has 1 heterocycles. The Morgan fingerprint density at radius 2 is 1.95 bits per heavy atom. The summed E-state index contributed by atoms with van der Waals surface area (Å²) in [5, 5.41) is 0. The van der Waals surface area contributed by atoms with Crippen molar-refractivity contribution in [3.05, 3.63) is 45.1 Å². The zero-order valence-electron chi connectivity index (χ0n) is 11.2. The quantitative estimate of drug-likeness (QED) is 0.743. The van der Waals surface area contributed by atoms with Gasteiger partial charge in [0.25, 0.3) is 10.0 Å². The monoisotopic (exact) mass is 434 g/mol. The Bertz CT molecular complexity index is 779. The van der Waals surface area contributed by atoms with Gasteiger partial charge < -0.3 is 4.74 Å². The van der Waals surface area contributed by atoms with Crippen LogP contribution in [0.5, 0.6) is 5.75 Å². The van der Waals surface area contributed by atoms with E-state index in [0.29, 0.717) is 20.5 Å². The Kier molecular flexibility index (Phi) is 4.90. The molecule has 0 atom stereocenters. The van der Waals surface area contributed by atoms with Gasteiger partial charge in [-0.05, 0) is 68.6 Å². The Morgan fingerprint density at radius 1 is 1.24 bits per heavy atom. The summed E-state index contributed by atoms with van der Waals surface area (Å²) in [6, 6.07) is 6.25. The maximum atomic E-state index is 12.3. The molecule has 1 aromatic carbocycles. The average molecular weight is 436 g/mol. The lowest BCUT2D eigenvalue weighted by molar-refractivity contribution is 0.411. The van der Waals surface area contributed by atoms with Gasteiger partial charge in [0.05, 0.1) is 28.4 Å². The van der Waals surface area contributed by atoms with E-state index in [-0.39, 0.29) is 4.90 Å². The molecule has 2 rings (SSSR count). The predicted molar refractivity (Wildman–Crippen MR) is 88.2 cm³/mol. The topological polar surface area (TPSA) is 68.3 Å². The number of rotatable bonds is 4. The molecular formula is C13H12Br2N2O3S. The first-order valence-corrected chi connectivity index (χ1v) is 8.89. The number of hydrogen-bond donors (Lipinski definition) is 1. The molecule has 0 bridgehead atoms. The van der Waals surface area contributed by atoms with Crippen LogP contribution in [0, 0.1) is 6.92 Å². The van der Waals surface area contributed by atoms with E-state index < -0.39 is 10.0 Å². The van der Waals surface area contributed by atoms with Gasteiger partial charge in [0.15, 0.2) is 0 Å². The molecule has 1 N–H and O–H groups in total. The van der Waals surface area contributed by atoms with Crippen molar-refractivity contribution in [2.75, 3.05) is 11.8 Å². The Hall–Kier alpha value is -1.12. The Balaban J connectivity index is 2.33. The Labute approximate surface area is 140 Å². The van der Waals surface area contributed by atoms with E-state index in [9.17, 15) is 8.42 Å². The molecule has 0 aliphatic carbocycles. The number of nitrogens with one attached hydrogen (secondary N) is 1. The van der Waals surface area contributed by atoms with Crippen molar-refractivity contribution in [1.29, 1.82) is 0 Å². The maximum absolute atomic E-state index is 12.3. The van der Waals surface area contributed by atoms with Crippen LogP contribution in [0.25, 0.3) is 0 Å². The molecule has 0 saturated carbocycles. The van der Waals surface area contributed by atoms with Crippen LogP contribution in [-0.2, 0) is 10.0 Å². The minimum atomic E-state index is -3.68. The highest BCUT2D eigenvalue weighted by molar-refractivity contribution is 9.10. The van der Waals surface area contributed by atoms with Crippen LogP contribution in [0.2, 0.25) is 0 Å². The van der Waals surface area contributed by atoms with Crippen molar-refractivity contribution in [3.63, 3.8) is 0 Å². The molecule has 1 aromatic heterocycles. The largest absolute Gasteiger partial charge is 0.496 e. The van der Waals surface area contributed by atoms with Gasteiger partial charge in [-0.2, -0.15) is 0 Å². The van der Waals surface area contributed by atoms with Gasteiger partial charge in [-0.1, -0.05) is 0 Å². The molecule has 5 nitrogen and oxygen atoms in total. The van der Waals surface area contributed by atoms with Gasteiger partial charge in [-0.3, -0.25) is 4.72 Å². The first kappa shape index (κ1) is 16.3. The fourth-order valence-electron chi connectivity index (χ4n) is 1.64. The summed E-state index contributed by atoms with van der Waals surface area (Å²) in [4.78, 5) is 4.20. The number of hydrogen-bond acceptors (Lipinski definition) is 4. The van der Waals surface area contributed by atoms with E-state index in [1.165, 1.54) is 25.4 Å². The molecule has 0 aliphatic heterocycles. The molecule has 21 heavy (non-hydrogen) atoms. The van der Waals surface area contributed by atoms with E-state index >= 15 is 0 Å². The molecule has 2 aromatic rings. The van der Waals surface area contributed by atoms with Gasteiger partial charge in [-0.15, -0.1) is 0 Å². The first-order valence-electron chi connectivity index (χ1n) is 5.82. The van der Waals surface area contributed by atoms with E-state index in [1.54, 1.807) is 12.1 Å². The first-order chi connectivity index (χ1) is 9.83. The number of anilines is 1. The number of aromatic nitrogens is 1. The lowest BCUT2D eigenvalue weighted by Crippen LogP contribution is -2.13. The SMILES string of the molecule is COc1ccc(S(=O)(=O)Nc2cnc(Br)c(C)c2)cc1Br. The Morgan fingerprint density at radius 3 is 2.52 bits per heavy atom. The highest BCUT2D eigenvalue weighted by Gasteiger charge is 2.16. The second-order valence-corrected chi connectivity index (χ2v) is 7.52. The van der Waals surface area contributed by atoms with Crippen molar-refractivity contribution in [1.82, 2.24) is 4.98 Å². The standard InChI is InChI=1S/C13H12Br2N2O3S/c1-8-5-9(7-16-13(8)15)17-21(18,19)10-3-4-12(20-2)11(14)6-10/h3-7,17H,1-2H3. The number of benzene rings is 1. The average Bonchev–Trinajstić information content (AvgIpc) is 2.42. The van der Waals surface area contributed by atoms with Gasteiger partial charge in [0, 0.05) is 0 Å². The van der Waals surface area contributed by atoms with E-state index in [2.05, 4.69) is 41.6 Å². The normalized spacial score (nSPS) is 11.2. The second kappa shape index (κ2) is 6.33. The van der Waals surface area contributed by atoms with Gasteiger partial charge in [0.2, 0.25) is 0 Å².